The van der Waals surface area contributed by atoms with Gasteiger partial charge in [-0.15, -0.1) is 0 Å². The second-order valence-electron chi connectivity index (χ2n) is 4.56. The molecule has 0 amide bonds. The standard InChI is InChI=1S/C13H18N2O3/c1-18-13-10-11(4-5-12(13)15(16)17)6-9-14-7-2-3-8-14/h4-5,10H,2-3,6-9H2,1H3. The molecule has 1 heterocycles. The number of methoxy groups -OCH3 is 1. The Kier molecular flexibility index (Phi) is 4.15. The predicted octanol–water partition coefficient (Wildman–Crippen LogP) is 2.24. The second-order valence-corrected chi connectivity index (χ2v) is 4.56. The fraction of sp³-hybridized carbons (Fsp3) is 0.538. The third kappa shape index (κ3) is 2.98. The molecule has 98 valence electrons. The number of likely N-dealkylation sites (tertiary alicyclic amines) is 1. The first kappa shape index (κ1) is 12.8. The zero-order valence-electron chi connectivity index (χ0n) is 10.6. The maximum atomic E-state index is 10.8. The van der Waals surface area contributed by atoms with E-state index in [0.717, 1.165) is 18.5 Å². The molecule has 1 aromatic carbocycles. The smallest absolute Gasteiger partial charge is 0.310 e. The quantitative estimate of drug-likeness (QED) is 0.594. The molecule has 1 fully saturated rings. The first-order valence-corrected chi connectivity index (χ1v) is 6.24. The molecule has 5 heteroatoms. The summed E-state index contributed by atoms with van der Waals surface area (Å²) in [6.07, 6.45) is 3.47. The van der Waals surface area contributed by atoms with Crippen LogP contribution in [0, 0.1) is 10.1 Å². The van der Waals surface area contributed by atoms with Crippen molar-refractivity contribution in [1.82, 2.24) is 4.90 Å². The minimum atomic E-state index is -0.414. The summed E-state index contributed by atoms with van der Waals surface area (Å²) in [5.74, 6) is 0.346. The number of nitro benzene ring substituents is 1. The predicted molar refractivity (Wildman–Crippen MR) is 69.0 cm³/mol. The highest BCUT2D eigenvalue weighted by Gasteiger charge is 2.15. The van der Waals surface area contributed by atoms with E-state index in [1.54, 1.807) is 6.07 Å². The van der Waals surface area contributed by atoms with Gasteiger partial charge in [0, 0.05) is 12.6 Å². The number of benzene rings is 1. The molecule has 0 unspecified atom stereocenters. The zero-order chi connectivity index (χ0) is 13.0. The third-order valence-corrected chi connectivity index (χ3v) is 3.36. The van der Waals surface area contributed by atoms with Gasteiger partial charge in [0.2, 0.25) is 0 Å². The maximum absolute atomic E-state index is 10.8. The van der Waals surface area contributed by atoms with Gasteiger partial charge >= 0.3 is 5.69 Å². The van der Waals surface area contributed by atoms with Crippen molar-refractivity contribution in [2.24, 2.45) is 0 Å². The van der Waals surface area contributed by atoms with Gasteiger partial charge in [0.05, 0.1) is 12.0 Å². The number of nitro groups is 1. The maximum Gasteiger partial charge on any atom is 0.310 e. The van der Waals surface area contributed by atoms with E-state index in [0.29, 0.717) is 5.75 Å². The second kappa shape index (κ2) is 5.82. The third-order valence-electron chi connectivity index (χ3n) is 3.36. The van der Waals surface area contributed by atoms with Crippen LogP contribution >= 0.6 is 0 Å². The average molecular weight is 250 g/mol. The fourth-order valence-electron chi connectivity index (χ4n) is 2.32. The van der Waals surface area contributed by atoms with Crippen LogP contribution in [-0.2, 0) is 6.42 Å². The van der Waals surface area contributed by atoms with E-state index in [1.807, 2.05) is 6.07 Å². The van der Waals surface area contributed by atoms with E-state index in [4.69, 9.17) is 4.74 Å². The molecule has 1 aliphatic rings. The summed E-state index contributed by atoms with van der Waals surface area (Å²) in [6, 6.07) is 5.11. The van der Waals surface area contributed by atoms with Crippen molar-refractivity contribution >= 4 is 5.69 Å². The number of nitrogens with zero attached hydrogens (tertiary/aromatic N) is 2. The van der Waals surface area contributed by atoms with Crippen molar-refractivity contribution in [1.29, 1.82) is 0 Å². The van der Waals surface area contributed by atoms with Gasteiger partial charge in [0.25, 0.3) is 0 Å². The SMILES string of the molecule is COc1cc(CCN2CCCC2)ccc1[N+](=O)[O-]. The van der Waals surface area contributed by atoms with Crippen LogP contribution in [0.15, 0.2) is 18.2 Å². The van der Waals surface area contributed by atoms with Crippen LogP contribution in [0.4, 0.5) is 5.69 Å². The van der Waals surface area contributed by atoms with Gasteiger partial charge in [-0.25, -0.2) is 0 Å². The van der Waals surface area contributed by atoms with Gasteiger partial charge in [-0.05, 0) is 44.0 Å². The molecule has 2 rings (SSSR count). The van der Waals surface area contributed by atoms with E-state index in [9.17, 15) is 10.1 Å². The summed E-state index contributed by atoms with van der Waals surface area (Å²) in [4.78, 5) is 12.8. The van der Waals surface area contributed by atoms with E-state index >= 15 is 0 Å². The zero-order valence-corrected chi connectivity index (χ0v) is 10.6. The van der Waals surface area contributed by atoms with E-state index in [-0.39, 0.29) is 5.69 Å². The van der Waals surface area contributed by atoms with E-state index in [2.05, 4.69) is 4.90 Å². The van der Waals surface area contributed by atoms with Crippen LogP contribution < -0.4 is 4.74 Å². The molecule has 0 spiro atoms. The van der Waals surface area contributed by atoms with Gasteiger partial charge in [-0.2, -0.15) is 0 Å². The van der Waals surface area contributed by atoms with Gasteiger partial charge in [-0.3, -0.25) is 10.1 Å². The lowest BCUT2D eigenvalue weighted by molar-refractivity contribution is -0.385. The largest absolute Gasteiger partial charge is 0.490 e. The Morgan fingerprint density at radius 3 is 2.72 bits per heavy atom. The summed E-state index contributed by atoms with van der Waals surface area (Å²) in [7, 11) is 1.46. The van der Waals surface area contributed by atoms with Gasteiger partial charge in [-0.1, -0.05) is 6.07 Å². The Labute approximate surface area is 107 Å². The van der Waals surface area contributed by atoms with Crippen molar-refractivity contribution in [3.8, 4) is 5.75 Å². The van der Waals surface area contributed by atoms with Gasteiger partial charge < -0.3 is 9.64 Å². The minimum absolute atomic E-state index is 0.0300. The van der Waals surface area contributed by atoms with E-state index < -0.39 is 4.92 Å². The van der Waals surface area contributed by atoms with Crippen molar-refractivity contribution in [2.75, 3.05) is 26.7 Å². The lowest BCUT2D eigenvalue weighted by Crippen LogP contribution is -2.21. The highest BCUT2D eigenvalue weighted by atomic mass is 16.6. The summed E-state index contributed by atoms with van der Waals surface area (Å²) < 4.78 is 5.06. The molecule has 0 aliphatic carbocycles. The Balaban J connectivity index is 2.02. The van der Waals surface area contributed by atoms with Crippen molar-refractivity contribution in [2.45, 2.75) is 19.3 Å². The topological polar surface area (TPSA) is 55.6 Å². The highest BCUT2D eigenvalue weighted by molar-refractivity contribution is 5.48. The molecule has 0 atom stereocenters. The molecule has 0 aromatic heterocycles. The molecule has 5 nitrogen and oxygen atoms in total. The molecule has 1 saturated heterocycles. The summed E-state index contributed by atoms with van der Waals surface area (Å²) in [5.41, 5.74) is 1.12. The van der Waals surface area contributed by atoms with Crippen molar-refractivity contribution in [3.05, 3.63) is 33.9 Å². The van der Waals surface area contributed by atoms with Crippen LogP contribution in [0.1, 0.15) is 18.4 Å². The molecule has 0 bridgehead atoms. The number of rotatable bonds is 5. The molecule has 0 radical (unpaired) electrons. The Morgan fingerprint density at radius 2 is 2.11 bits per heavy atom. The number of hydrogen-bond acceptors (Lipinski definition) is 4. The van der Waals surface area contributed by atoms with Crippen LogP contribution in [0.3, 0.4) is 0 Å². The molecule has 1 aromatic rings. The summed E-state index contributed by atoms with van der Waals surface area (Å²) in [5, 5.41) is 10.8. The first-order valence-electron chi connectivity index (χ1n) is 6.24. The molecule has 0 saturated carbocycles. The monoisotopic (exact) mass is 250 g/mol. The average Bonchev–Trinajstić information content (AvgIpc) is 2.88. The van der Waals surface area contributed by atoms with Gasteiger partial charge in [0.1, 0.15) is 0 Å². The fourth-order valence-corrected chi connectivity index (χ4v) is 2.32. The number of hydrogen-bond donors (Lipinski definition) is 0. The normalized spacial score (nSPS) is 15.8. The summed E-state index contributed by atoms with van der Waals surface area (Å²) in [6.45, 7) is 3.36. The lowest BCUT2D eigenvalue weighted by atomic mass is 10.1. The molecule has 0 N–H and O–H groups in total. The Hall–Kier alpha value is -1.62. The van der Waals surface area contributed by atoms with E-state index in [1.165, 1.54) is 39.1 Å². The lowest BCUT2D eigenvalue weighted by Gasteiger charge is -2.14. The van der Waals surface area contributed by atoms with Crippen LogP contribution in [0.5, 0.6) is 5.75 Å². The minimum Gasteiger partial charge on any atom is -0.490 e. The molecular formula is C13H18N2O3. The molecule has 18 heavy (non-hydrogen) atoms. The number of ether oxygens (including phenoxy) is 1. The highest BCUT2D eigenvalue weighted by Crippen LogP contribution is 2.27. The Morgan fingerprint density at radius 1 is 1.39 bits per heavy atom. The van der Waals surface area contributed by atoms with Crippen LogP contribution in [-0.4, -0.2) is 36.6 Å². The van der Waals surface area contributed by atoms with Crippen molar-refractivity contribution in [3.63, 3.8) is 0 Å². The van der Waals surface area contributed by atoms with Crippen molar-refractivity contribution < 1.29 is 9.66 Å². The summed E-state index contributed by atoms with van der Waals surface area (Å²) >= 11 is 0. The first-order chi connectivity index (χ1) is 8.70. The Bertz CT molecular complexity index is 428. The van der Waals surface area contributed by atoms with Gasteiger partial charge in [0.15, 0.2) is 5.75 Å². The van der Waals surface area contributed by atoms with Crippen LogP contribution in [0.2, 0.25) is 0 Å². The van der Waals surface area contributed by atoms with Crippen LogP contribution in [0.25, 0.3) is 0 Å². The molecule has 1 aliphatic heterocycles. The molecular weight excluding hydrogens is 232 g/mol.